The summed E-state index contributed by atoms with van der Waals surface area (Å²) in [6.07, 6.45) is 0. The van der Waals surface area contributed by atoms with Gasteiger partial charge in [0.25, 0.3) is 0 Å². The molecule has 0 spiro atoms. The zero-order valence-corrected chi connectivity index (χ0v) is 11.9. The number of hydrogen-bond donors (Lipinski definition) is 1. The van der Waals surface area contributed by atoms with Gasteiger partial charge < -0.3 is 5.73 Å². The molecule has 2 N–H and O–H groups in total. The molecule has 1 atom stereocenters. The highest BCUT2D eigenvalue weighted by Crippen LogP contribution is 2.21. The number of hydrogen-bond acceptors (Lipinski definition) is 3. The quantitative estimate of drug-likeness (QED) is 0.912. The Bertz CT molecular complexity index is 661. The van der Waals surface area contributed by atoms with Crippen LogP contribution < -0.4 is 5.73 Å². The average molecular weight is 279 g/mol. The maximum absolute atomic E-state index is 11.8. The van der Waals surface area contributed by atoms with E-state index in [1.54, 1.807) is 6.07 Å². The molecule has 0 saturated carbocycles. The Hall–Kier alpha value is -2.64. The van der Waals surface area contributed by atoms with Crippen molar-refractivity contribution < 1.29 is 4.79 Å². The molecule has 21 heavy (non-hydrogen) atoms. The van der Waals surface area contributed by atoms with E-state index in [0.29, 0.717) is 12.1 Å². The van der Waals surface area contributed by atoms with Crippen molar-refractivity contribution in [1.82, 2.24) is 4.90 Å². The molecule has 0 aliphatic heterocycles. The van der Waals surface area contributed by atoms with Crippen LogP contribution >= 0.6 is 0 Å². The predicted molar refractivity (Wildman–Crippen MR) is 81.0 cm³/mol. The second-order valence-electron chi connectivity index (χ2n) is 4.94. The van der Waals surface area contributed by atoms with Crippen molar-refractivity contribution in [3.8, 4) is 6.07 Å². The second-order valence-corrected chi connectivity index (χ2v) is 4.94. The monoisotopic (exact) mass is 279 g/mol. The molecule has 0 fully saturated rings. The van der Waals surface area contributed by atoms with E-state index in [0.717, 1.165) is 11.1 Å². The molecular formula is C17H17N3O. The van der Waals surface area contributed by atoms with E-state index in [9.17, 15) is 4.79 Å². The molecule has 2 rings (SSSR count). The van der Waals surface area contributed by atoms with Crippen LogP contribution in [0.3, 0.4) is 0 Å². The summed E-state index contributed by atoms with van der Waals surface area (Å²) in [7, 11) is 1.85. The molecule has 0 heterocycles. The third kappa shape index (κ3) is 3.68. The zero-order valence-electron chi connectivity index (χ0n) is 11.9. The fourth-order valence-electron chi connectivity index (χ4n) is 2.39. The third-order valence-corrected chi connectivity index (χ3v) is 3.31. The van der Waals surface area contributed by atoms with Crippen LogP contribution in [-0.2, 0) is 11.3 Å². The number of amides is 1. The van der Waals surface area contributed by atoms with Gasteiger partial charge >= 0.3 is 0 Å². The Kier molecular flexibility index (Phi) is 4.70. The van der Waals surface area contributed by atoms with Crippen LogP contribution in [0.1, 0.15) is 22.7 Å². The van der Waals surface area contributed by atoms with Crippen molar-refractivity contribution in [2.24, 2.45) is 5.73 Å². The number of carbonyl (C=O) groups is 1. The van der Waals surface area contributed by atoms with E-state index in [1.165, 1.54) is 0 Å². The van der Waals surface area contributed by atoms with Gasteiger partial charge in [-0.1, -0.05) is 42.5 Å². The lowest BCUT2D eigenvalue weighted by Crippen LogP contribution is -2.34. The van der Waals surface area contributed by atoms with Gasteiger partial charge in [-0.05, 0) is 30.3 Å². The minimum Gasteiger partial charge on any atom is -0.368 e. The molecule has 4 nitrogen and oxygen atoms in total. The number of carbonyl (C=O) groups excluding carboxylic acids is 1. The SMILES string of the molecule is CN(Cc1cccc(C#N)c1)[C@@H](C(N)=O)c1ccccc1. The van der Waals surface area contributed by atoms with Crippen LogP contribution in [0, 0.1) is 11.3 Å². The average Bonchev–Trinajstić information content (AvgIpc) is 2.48. The molecular weight excluding hydrogens is 262 g/mol. The standard InChI is InChI=1S/C17H17N3O/c1-20(12-14-7-5-6-13(10-14)11-18)16(17(19)21)15-8-3-2-4-9-15/h2-10,16H,12H2,1H3,(H2,19,21)/t16-/m1/s1. The summed E-state index contributed by atoms with van der Waals surface area (Å²) >= 11 is 0. The van der Waals surface area contributed by atoms with Crippen LogP contribution in [-0.4, -0.2) is 17.9 Å². The molecule has 0 aromatic heterocycles. The van der Waals surface area contributed by atoms with Gasteiger partial charge in [-0.15, -0.1) is 0 Å². The van der Waals surface area contributed by atoms with Crippen LogP contribution in [0.15, 0.2) is 54.6 Å². The molecule has 0 aliphatic carbocycles. The lowest BCUT2D eigenvalue weighted by Gasteiger charge is -2.26. The maximum atomic E-state index is 11.8. The topological polar surface area (TPSA) is 70.1 Å². The first-order valence-corrected chi connectivity index (χ1v) is 6.65. The molecule has 4 heteroatoms. The molecule has 0 saturated heterocycles. The maximum Gasteiger partial charge on any atom is 0.239 e. The smallest absolute Gasteiger partial charge is 0.239 e. The van der Waals surface area contributed by atoms with Gasteiger partial charge in [0.1, 0.15) is 6.04 Å². The van der Waals surface area contributed by atoms with Gasteiger partial charge in [-0.25, -0.2) is 0 Å². The minimum absolute atomic E-state index is 0.389. The minimum atomic E-state index is -0.489. The van der Waals surface area contributed by atoms with Crippen LogP contribution in [0.2, 0.25) is 0 Å². The molecule has 0 radical (unpaired) electrons. The van der Waals surface area contributed by atoms with Crippen LogP contribution in [0.25, 0.3) is 0 Å². The molecule has 1 amide bonds. The summed E-state index contributed by atoms with van der Waals surface area (Å²) in [6, 6.07) is 18.4. The van der Waals surface area contributed by atoms with Gasteiger partial charge in [0, 0.05) is 6.54 Å². The van der Waals surface area contributed by atoms with E-state index in [-0.39, 0.29) is 5.91 Å². The van der Waals surface area contributed by atoms with Gasteiger partial charge in [0.15, 0.2) is 0 Å². The first kappa shape index (κ1) is 14.8. The van der Waals surface area contributed by atoms with E-state index >= 15 is 0 Å². The van der Waals surface area contributed by atoms with Gasteiger partial charge in [0.05, 0.1) is 11.6 Å². The van der Waals surface area contributed by atoms with Crippen molar-refractivity contribution >= 4 is 5.91 Å². The second kappa shape index (κ2) is 6.69. The number of benzene rings is 2. The van der Waals surface area contributed by atoms with E-state index in [2.05, 4.69) is 6.07 Å². The first-order valence-electron chi connectivity index (χ1n) is 6.65. The summed E-state index contributed by atoms with van der Waals surface area (Å²) in [5, 5.41) is 8.93. The summed E-state index contributed by atoms with van der Waals surface area (Å²) in [6.45, 7) is 0.540. The molecule has 2 aromatic carbocycles. The van der Waals surface area contributed by atoms with Gasteiger partial charge in [-0.3, -0.25) is 9.69 Å². The largest absolute Gasteiger partial charge is 0.368 e. The Morgan fingerprint density at radius 2 is 1.95 bits per heavy atom. The van der Waals surface area contributed by atoms with Crippen molar-refractivity contribution in [1.29, 1.82) is 5.26 Å². The Balaban J connectivity index is 2.22. The molecule has 2 aromatic rings. The fraction of sp³-hybridized carbons (Fsp3) is 0.176. The molecule has 0 unspecified atom stereocenters. The van der Waals surface area contributed by atoms with E-state index in [1.807, 2.05) is 60.5 Å². The number of likely N-dealkylation sites (N-methyl/N-ethyl adjacent to an activating group) is 1. The summed E-state index contributed by atoms with van der Waals surface area (Å²) in [4.78, 5) is 13.7. The molecule has 0 aliphatic rings. The number of primary amides is 1. The zero-order chi connectivity index (χ0) is 15.2. The van der Waals surface area contributed by atoms with Gasteiger partial charge in [0.2, 0.25) is 5.91 Å². The molecule has 0 bridgehead atoms. The van der Waals surface area contributed by atoms with Gasteiger partial charge in [-0.2, -0.15) is 5.26 Å². The summed E-state index contributed by atoms with van der Waals surface area (Å²) < 4.78 is 0. The highest BCUT2D eigenvalue weighted by atomic mass is 16.1. The summed E-state index contributed by atoms with van der Waals surface area (Å²) in [5.41, 5.74) is 7.99. The van der Waals surface area contributed by atoms with Crippen molar-refractivity contribution in [3.63, 3.8) is 0 Å². The number of rotatable bonds is 5. The Morgan fingerprint density at radius 1 is 1.24 bits per heavy atom. The van der Waals surface area contributed by atoms with Crippen molar-refractivity contribution in [2.75, 3.05) is 7.05 Å². The highest BCUT2D eigenvalue weighted by Gasteiger charge is 2.22. The number of nitriles is 1. The first-order chi connectivity index (χ1) is 10.1. The van der Waals surface area contributed by atoms with Crippen molar-refractivity contribution in [2.45, 2.75) is 12.6 Å². The lowest BCUT2D eigenvalue weighted by molar-refractivity contribution is -0.123. The van der Waals surface area contributed by atoms with Crippen LogP contribution in [0.4, 0.5) is 0 Å². The van der Waals surface area contributed by atoms with Crippen molar-refractivity contribution in [3.05, 3.63) is 71.3 Å². The Labute approximate surface area is 124 Å². The van der Waals surface area contributed by atoms with E-state index < -0.39 is 6.04 Å². The number of nitrogens with two attached hydrogens (primary N) is 1. The normalized spacial score (nSPS) is 11.9. The molecule has 106 valence electrons. The van der Waals surface area contributed by atoms with Crippen LogP contribution in [0.5, 0.6) is 0 Å². The fourth-order valence-corrected chi connectivity index (χ4v) is 2.39. The number of nitrogens with zero attached hydrogens (tertiary/aromatic N) is 2. The predicted octanol–water partition coefficient (Wildman–Crippen LogP) is 2.22. The highest BCUT2D eigenvalue weighted by molar-refractivity contribution is 5.81. The Morgan fingerprint density at radius 3 is 2.57 bits per heavy atom. The lowest BCUT2D eigenvalue weighted by atomic mass is 10.0. The van der Waals surface area contributed by atoms with E-state index in [4.69, 9.17) is 11.0 Å². The third-order valence-electron chi connectivity index (χ3n) is 3.31. The summed E-state index contributed by atoms with van der Waals surface area (Å²) in [5.74, 6) is -0.389.